The molecule has 1 unspecified atom stereocenters. The first-order valence-corrected chi connectivity index (χ1v) is 7.89. The van der Waals surface area contributed by atoms with Crippen LogP contribution < -0.4 is 5.32 Å². The van der Waals surface area contributed by atoms with Crippen LogP contribution in [0.3, 0.4) is 0 Å². The number of rotatable bonds is 4. The van der Waals surface area contributed by atoms with E-state index in [0.29, 0.717) is 5.78 Å². The molecular formula is C19H17N5. The lowest BCUT2D eigenvalue weighted by molar-refractivity contribution is 0.841. The van der Waals surface area contributed by atoms with Gasteiger partial charge in [-0.1, -0.05) is 60.7 Å². The number of benzene rings is 2. The van der Waals surface area contributed by atoms with Crippen LogP contribution in [0.15, 0.2) is 73.1 Å². The third kappa shape index (κ3) is 2.72. The molecule has 4 aromatic rings. The van der Waals surface area contributed by atoms with Gasteiger partial charge in [0.2, 0.25) is 0 Å². The number of fused-ring (bicyclic) bond motifs is 1. The van der Waals surface area contributed by atoms with Crippen LogP contribution in [0.4, 0.5) is 5.82 Å². The summed E-state index contributed by atoms with van der Waals surface area (Å²) in [4.78, 5) is 8.84. The van der Waals surface area contributed by atoms with Crippen molar-refractivity contribution in [2.75, 3.05) is 5.32 Å². The molecule has 1 atom stereocenters. The van der Waals surface area contributed by atoms with E-state index in [4.69, 9.17) is 0 Å². The number of nitrogens with zero attached hydrogens (tertiary/aromatic N) is 4. The van der Waals surface area contributed by atoms with Crippen molar-refractivity contribution in [3.63, 3.8) is 0 Å². The summed E-state index contributed by atoms with van der Waals surface area (Å²) in [6, 6.07) is 22.6. The summed E-state index contributed by atoms with van der Waals surface area (Å²) in [6.07, 6.45) is 1.52. The Morgan fingerprint density at radius 2 is 1.67 bits per heavy atom. The summed E-state index contributed by atoms with van der Waals surface area (Å²) in [5.41, 5.74) is 3.14. The maximum Gasteiger partial charge on any atom is 0.254 e. The van der Waals surface area contributed by atoms with E-state index in [9.17, 15) is 0 Å². The molecule has 0 aliphatic heterocycles. The molecule has 2 heterocycles. The van der Waals surface area contributed by atoms with Crippen LogP contribution in [0.25, 0.3) is 17.0 Å². The Bertz CT molecular complexity index is 947. The average Bonchev–Trinajstić information content (AvgIpc) is 3.12. The molecule has 5 nitrogen and oxygen atoms in total. The highest BCUT2D eigenvalue weighted by Gasteiger charge is 2.12. The fourth-order valence-electron chi connectivity index (χ4n) is 2.72. The Morgan fingerprint density at radius 3 is 2.42 bits per heavy atom. The van der Waals surface area contributed by atoms with Gasteiger partial charge in [-0.25, -0.2) is 4.98 Å². The predicted octanol–water partition coefficient (Wildman–Crippen LogP) is 3.96. The van der Waals surface area contributed by atoms with E-state index in [1.807, 2.05) is 54.6 Å². The van der Waals surface area contributed by atoms with E-state index in [1.54, 1.807) is 4.52 Å². The van der Waals surface area contributed by atoms with Crippen molar-refractivity contribution in [2.24, 2.45) is 0 Å². The second kappa shape index (κ2) is 6.12. The lowest BCUT2D eigenvalue weighted by atomic mass is 10.1. The zero-order valence-corrected chi connectivity index (χ0v) is 13.3. The van der Waals surface area contributed by atoms with Crippen molar-refractivity contribution < 1.29 is 0 Å². The molecule has 0 fully saturated rings. The molecule has 4 rings (SSSR count). The van der Waals surface area contributed by atoms with E-state index in [1.165, 1.54) is 11.9 Å². The van der Waals surface area contributed by atoms with Gasteiger partial charge in [-0.05, 0) is 12.5 Å². The summed E-state index contributed by atoms with van der Waals surface area (Å²) < 4.78 is 1.73. The SMILES string of the molecule is CC(Nc1cc(-c2ccccc2)nc2ncnn12)c1ccccc1. The van der Waals surface area contributed by atoms with Gasteiger partial charge in [0.15, 0.2) is 0 Å². The number of hydrogen-bond donors (Lipinski definition) is 1. The summed E-state index contributed by atoms with van der Waals surface area (Å²) in [5, 5.41) is 7.80. The zero-order valence-electron chi connectivity index (χ0n) is 13.3. The van der Waals surface area contributed by atoms with Crippen LogP contribution in [0, 0.1) is 0 Å². The molecule has 2 aromatic heterocycles. The van der Waals surface area contributed by atoms with Crippen LogP contribution in [0.2, 0.25) is 0 Å². The van der Waals surface area contributed by atoms with E-state index in [-0.39, 0.29) is 6.04 Å². The second-order valence-electron chi connectivity index (χ2n) is 5.64. The van der Waals surface area contributed by atoms with Gasteiger partial charge in [-0.2, -0.15) is 14.6 Å². The van der Waals surface area contributed by atoms with Crippen LogP contribution in [0.5, 0.6) is 0 Å². The van der Waals surface area contributed by atoms with Gasteiger partial charge in [0, 0.05) is 17.7 Å². The normalized spacial score (nSPS) is 12.2. The van der Waals surface area contributed by atoms with Gasteiger partial charge >= 0.3 is 0 Å². The summed E-state index contributed by atoms with van der Waals surface area (Å²) in [6.45, 7) is 2.13. The maximum atomic E-state index is 4.60. The first-order chi connectivity index (χ1) is 11.8. The number of aromatic nitrogens is 4. The van der Waals surface area contributed by atoms with Crippen molar-refractivity contribution in [2.45, 2.75) is 13.0 Å². The van der Waals surface area contributed by atoms with Crippen molar-refractivity contribution in [3.8, 4) is 11.3 Å². The third-order valence-corrected chi connectivity index (χ3v) is 3.99. The first kappa shape index (κ1) is 14.4. The molecule has 24 heavy (non-hydrogen) atoms. The molecule has 0 bridgehead atoms. The Morgan fingerprint density at radius 1 is 0.958 bits per heavy atom. The minimum atomic E-state index is 0.143. The lowest BCUT2D eigenvalue weighted by Gasteiger charge is -2.17. The van der Waals surface area contributed by atoms with E-state index in [0.717, 1.165) is 17.1 Å². The minimum absolute atomic E-state index is 0.143. The fourth-order valence-corrected chi connectivity index (χ4v) is 2.72. The largest absolute Gasteiger partial charge is 0.363 e. The van der Waals surface area contributed by atoms with Crippen LogP contribution >= 0.6 is 0 Å². The molecule has 0 aliphatic rings. The van der Waals surface area contributed by atoms with Gasteiger partial charge in [-0.3, -0.25) is 0 Å². The van der Waals surface area contributed by atoms with Gasteiger partial charge in [0.25, 0.3) is 5.78 Å². The molecule has 1 N–H and O–H groups in total. The van der Waals surface area contributed by atoms with Gasteiger partial charge < -0.3 is 5.32 Å². The minimum Gasteiger partial charge on any atom is -0.363 e. The van der Waals surface area contributed by atoms with Crippen molar-refractivity contribution in [1.82, 2.24) is 19.6 Å². The maximum absolute atomic E-state index is 4.60. The van der Waals surface area contributed by atoms with Crippen molar-refractivity contribution >= 4 is 11.6 Å². The lowest BCUT2D eigenvalue weighted by Crippen LogP contribution is -2.11. The Balaban J connectivity index is 1.75. The van der Waals surface area contributed by atoms with Gasteiger partial charge in [0.1, 0.15) is 12.1 Å². The van der Waals surface area contributed by atoms with Crippen molar-refractivity contribution in [3.05, 3.63) is 78.6 Å². The molecule has 5 heteroatoms. The molecular weight excluding hydrogens is 298 g/mol. The highest BCUT2D eigenvalue weighted by Crippen LogP contribution is 2.24. The molecule has 0 saturated carbocycles. The van der Waals surface area contributed by atoms with Gasteiger partial charge in [0.05, 0.1) is 5.69 Å². The molecule has 0 radical (unpaired) electrons. The fraction of sp³-hybridized carbons (Fsp3) is 0.105. The third-order valence-electron chi connectivity index (χ3n) is 3.99. The molecule has 0 saturated heterocycles. The van der Waals surface area contributed by atoms with E-state index < -0.39 is 0 Å². The van der Waals surface area contributed by atoms with Gasteiger partial charge in [-0.15, -0.1) is 0 Å². The summed E-state index contributed by atoms with van der Waals surface area (Å²) >= 11 is 0. The van der Waals surface area contributed by atoms with E-state index >= 15 is 0 Å². The molecule has 0 aliphatic carbocycles. The number of anilines is 1. The van der Waals surface area contributed by atoms with Crippen LogP contribution in [0.1, 0.15) is 18.5 Å². The smallest absolute Gasteiger partial charge is 0.254 e. The van der Waals surface area contributed by atoms with Crippen LogP contribution in [-0.4, -0.2) is 19.6 Å². The first-order valence-electron chi connectivity index (χ1n) is 7.89. The molecule has 2 aromatic carbocycles. The molecule has 118 valence electrons. The predicted molar refractivity (Wildman–Crippen MR) is 94.7 cm³/mol. The molecule has 0 spiro atoms. The Kier molecular flexibility index (Phi) is 3.67. The van der Waals surface area contributed by atoms with Crippen LogP contribution in [-0.2, 0) is 0 Å². The van der Waals surface area contributed by atoms with E-state index in [2.05, 4.69) is 39.4 Å². The quantitative estimate of drug-likeness (QED) is 0.619. The highest BCUT2D eigenvalue weighted by molar-refractivity contribution is 5.65. The topological polar surface area (TPSA) is 55.1 Å². The average molecular weight is 315 g/mol. The molecule has 0 amide bonds. The summed E-state index contributed by atoms with van der Waals surface area (Å²) in [7, 11) is 0. The Labute approximate surface area is 140 Å². The monoisotopic (exact) mass is 315 g/mol. The number of nitrogens with one attached hydrogen (secondary N) is 1. The van der Waals surface area contributed by atoms with Crippen molar-refractivity contribution in [1.29, 1.82) is 0 Å². The zero-order chi connectivity index (χ0) is 16.4. The summed E-state index contributed by atoms with van der Waals surface area (Å²) in [5.74, 6) is 1.45. The second-order valence-corrected chi connectivity index (χ2v) is 5.64. The highest BCUT2D eigenvalue weighted by atomic mass is 15.4. The number of hydrogen-bond acceptors (Lipinski definition) is 4. The Hall–Kier alpha value is -3.21. The standard InChI is InChI=1S/C19H17N5/c1-14(15-8-4-2-5-9-15)22-18-12-17(16-10-6-3-7-11-16)23-19-20-13-21-24(18)19/h2-14,22H,1H3.